The van der Waals surface area contributed by atoms with Crippen molar-refractivity contribution in [1.29, 1.82) is 5.41 Å². The highest BCUT2D eigenvalue weighted by Gasteiger charge is 2.37. The lowest BCUT2D eigenvalue weighted by atomic mass is 9.88. The lowest BCUT2D eigenvalue weighted by Crippen LogP contribution is -2.37. The van der Waals surface area contributed by atoms with E-state index >= 15 is 0 Å². The molecule has 1 aliphatic rings. The van der Waals surface area contributed by atoms with Gasteiger partial charge >= 0.3 is 0 Å². The topological polar surface area (TPSA) is 59.1 Å². The van der Waals surface area contributed by atoms with Crippen molar-refractivity contribution < 1.29 is 4.74 Å². The molecular weight excluding hydrogens is 116 g/mol. The third-order valence-corrected chi connectivity index (χ3v) is 1.72. The molecule has 1 atom stereocenters. The Balaban J connectivity index is 2.73. The first-order valence-corrected chi connectivity index (χ1v) is 3.01. The molecule has 1 aliphatic heterocycles. The lowest BCUT2D eigenvalue weighted by Gasteiger charge is -2.17. The van der Waals surface area contributed by atoms with E-state index in [4.69, 9.17) is 15.9 Å². The number of hydrogen-bond acceptors (Lipinski definition) is 3. The van der Waals surface area contributed by atoms with Crippen LogP contribution in [0.15, 0.2) is 0 Å². The molecule has 9 heavy (non-hydrogen) atoms. The van der Waals surface area contributed by atoms with Crippen LogP contribution in [0.4, 0.5) is 0 Å². The Kier molecular flexibility index (Phi) is 1.24. The molecule has 1 fully saturated rings. The van der Waals surface area contributed by atoms with Crippen LogP contribution in [0.25, 0.3) is 0 Å². The van der Waals surface area contributed by atoms with Gasteiger partial charge in [-0.05, 0) is 0 Å². The van der Waals surface area contributed by atoms with Crippen molar-refractivity contribution in [3.8, 4) is 0 Å². The number of rotatable bonds is 0. The molecule has 3 nitrogen and oxygen atoms in total. The quantitative estimate of drug-likeness (QED) is 0.494. The third-order valence-electron chi connectivity index (χ3n) is 1.72. The average molecular weight is 128 g/mol. The van der Waals surface area contributed by atoms with E-state index in [0.29, 0.717) is 6.61 Å². The second-order valence-electron chi connectivity index (χ2n) is 3.12. The number of nitrogens with two attached hydrogens (primary N) is 1. The van der Waals surface area contributed by atoms with Crippen molar-refractivity contribution in [1.82, 2.24) is 0 Å². The maximum Gasteiger partial charge on any atom is 0.198 e. The van der Waals surface area contributed by atoms with Gasteiger partial charge in [0.1, 0.15) is 0 Å². The monoisotopic (exact) mass is 128 g/mol. The Morgan fingerprint density at radius 1 is 1.78 bits per heavy atom. The first-order valence-electron chi connectivity index (χ1n) is 3.01. The summed E-state index contributed by atoms with van der Waals surface area (Å²) < 4.78 is 4.94. The van der Waals surface area contributed by atoms with Gasteiger partial charge in [-0.15, -0.1) is 0 Å². The molecule has 0 unspecified atom stereocenters. The summed E-state index contributed by atoms with van der Waals surface area (Å²) in [5.41, 5.74) is 5.56. The van der Waals surface area contributed by atoms with E-state index in [9.17, 15) is 0 Å². The molecule has 0 aromatic heterocycles. The van der Waals surface area contributed by atoms with Crippen LogP contribution in [0.3, 0.4) is 0 Å². The van der Waals surface area contributed by atoms with Crippen LogP contribution in [-0.2, 0) is 4.74 Å². The van der Waals surface area contributed by atoms with Gasteiger partial charge in [0.2, 0.25) is 0 Å². The van der Waals surface area contributed by atoms with Gasteiger partial charge in [-0.3, -0.25) is 5.41 Å². The van der Waals surface area contributed by atoms with Crippen LogP contribution in [0.5, 0.6) is 0 Å². The Bertz CT molecular complexity index is 142. The molecule has 1 heterocycles. The van der Waals surface area contributed by atoms with Crippen LogP contribution >= 0.6 is 0 Å². The van der Waals surface area contributed by atoms with E-state index in [1.165, 1.54) is 0 Å². The summed E-state index contributed by atoms with van der Waals surface area (Å²) in [4.78, 5) is 0. The first-order chi connectivity index (χ1) is 4.04. The van der Waals surface area contributed by atoms with E-state index in [0.717, 1.165) is 0 Å². The van der Waals surface area contributed by atoms with Crippen molar-refractivity contribution in [2.75, 3.05) is 6.61 Å². The zero-order valence-corrected chi connectivity index (χ0v) is 5.77. The molecule has 3 heteroatoms. The number of ether oxygens (including phenoxy) is 1. The normalized spacial score (nSPS) is 32.3. The van der Waals surface area contributed by atoms with Crippen molar-refractivity contribution in [3.63, 3.8) is 0 Å². The zero-order valence-electron chi connectivity index (χ0n) is 5.77. The predicted molar refractivity (Wildman–Crippen MR) is 35.4 cm³/mol. The second-order valence-corrected chi connectivity index (χ2v) is 3.12. The molecule has 0 saturated carbocycles. The smallest absolute Gasteiger partial charge is 0.198 e. The molecule has 52 valence electrons. The average Bonchev–Trinajstić information content (AvgIpc) is 1.97. The first kappa shape index (κ1) is 6.55. The molecule has 3 N–H and O–H groups in total. The number of nitrogens with one attached hydrogen (secondary N) is 1. The summed E-state index contributed by atoms with van der Waals surface area (Å²) in [5, 5.41) is 7.16. The van der Waals surface area contributed by atoms with Gasteiger partial charge in [0.25, 0.3) is 0 Å². The highest BCUT2D eigenvalue weighted by Crippen LogP contribution is 2.26. The van der Waals surface area contributed by atoms with Crippen LogP contribution in [0.2, 0.25) is 0 Å². The molecule has 0 radical (unpaired) electrons. The maximum atomic E-state index is 7.16. The molecular formula is C6H12N2O. The molecule has 0 amide bonds. The van der Waals surface area contributed by atoms with Crippen molar-refractivity contribution in [2.45, 2.75) is 19.9 Å². The van der Waals surface area contributed by atoms with Gasteiger partial charge in [0.15, 0.2) is 5.90 Å². The van der Waals surface area contributed by atoms with E-state index < -0.39 is 0 Å². The SMILES string of the molecule is CC1(C)COC(=N)[C@H]1N. The fraction of sp³-hybridized carbons (Fsp3) is 0.833. The Hall–Kier alpha value is -0.570. The summed E-state index contributed by atoms with van der Waals surface area (Å²) in [7, 11) is 0. The standard InChI is InChI=1S/C6H12N2O/c1-6(2)3-9-5(8)4(6)7/h4,8H,3,7H2,1-2H3/t4-/m1/s1. The molecule has 0 aromatic rings. The zero-order chi connectivity index (χ0) is 7.07. The van der Waals surface area contributed by atoms with Gasteiger partial charge in [-0.1, -0.05) is 13.8 Å². The van der Waals surface area contributed by atoms with Crippen LogP contribution in [0.1, 0.15) is 13.8 Å². The molecule has 1 rings (SSSR count). The summed E-state index contributed by atoms with van der Waals surface area (Å²) in [6.07, 6.45) is 0. The second kappa shape index (κ2) is 1.70. The molecule has 0 aromatic carbocycles. The Labute approximate surface area is 54.7 Å². The van der Waals surface area contributed by atoms with E-state index in [1.54, 1.807) is 0 Å². The van der Waals surface area contributed by atoms with Gasteiger partial charge in [0.05, 0.1) is 12.6 Å². The van der Waals surface area contributed by atoms with Gasteiger partial charge in [0, 0.05) is 5.41 Å². The molecule has 1 saturated heterocycles. The minimum atomic E-state index is -0.211. The van der Waals surface area contributed by atoms with Crippen molar-refractivity contribution >= 4 is 5.90 Å². The fourth-order valence-electron chi connectivity index (χ4n) is 0.798. The van der Waals surface area contributed by atoms with E-state index in [-0.39, 0.29) is 17.4 Å². The summed E-state index contributed by atoms with van der Waals surface area (Å²) in [6, 6.07) is -0.211. The fourth-order valence-corrected chi connectivity index (χ4v) is 0.798. The maximum absolute atomic E-state index is 7.16. The minimum Gasteiger partial charge on any atom is -0.479 e. The van der Waals surface area contributed by atoms with E-state index in [1.807, 2.05) is 13.8 Å². The van der Waals surface area contributed by atoms with Crippen LogP contribution in [0, 0.1) is 10.8 Å². The molecule has 0 aliphatic carbocycles. The van der Waals surface area contributed by atoms with Crippen molar-refractivity contribution in [2.24, 2.45) is 11.1 Å². The van der Waals surface area contributed by atoms with Gasteiger partial charge in [-0.25, -0.2) is 0 Å². The Morgan fingerprint density at radius 2 is 2.33 bits per heavy atom. The molecule has 0 spiro atoms. The predicted octanol–water partition coefficient (Wildman–Crippen LogP) is 0.347. The summed E-state index contributed by atoms with van der Waals surface area (Å²) >= 11 is 0. The highest BCUT2D eigenvalue weighted by molar-refractivity contribution is 5.81. The summed E-state index contributed by atoms with van der Waals surface area (Å²) in [5.74, 6) is 0.222. The van der Waals surface area contributed by atoms with E-state index in [2.05, 4.69) is 0 Å². The van der Waals surface area contributed by atoms with Crippen LogP contribution < -0.4 is 5.73 Å². The molecule has 0 bridgehead atoms. The lowest BCUT2D eigenvalue weighted by molar-refractivity contribution is 0.233. The largest absolute Gasteiger partial charge is 0.479 e. The summed E-state index contributed by atoms with van der Waals surface area (Å²) in [6.45, 7) is 4.57. The minimum absolute atomic E-state index is 0.0446. The van der Waals surface area contributed by atoms with Crippen LogP contribution in [-0.4, -0.2) is 18.5 Å². The van der Waals surface area contributed by atoms with Gasteiger partial charge < -0.3 is 10.5 Å². The highest BCUT2D eigenvalue weighted by atomic mass is 16.5. The van der Waals surface area contributed by atoms with Gasteiger partial charge in [-0.2, -0.15) is 0 Å². The van der Waals surface area contributed by atoms with Crippen molar-refractivity contribution in [3.05, 3.63) is 0 Å². The Morgan fingerprint density at radius 3 is 2.44 bits per heavy atom. The third kappa shape index (κ3) is 0.920. The number of hydrogen-bond donors (Lipinski definition) is 2.